The van der Waals surface area contributed by atoms with Crippen molar-refractivity contribution in [1.82, 2.24) is 4.90 Å². The summed E-state index contributed by atoms with van der Waals surface area (Å²) in [6.07, 6.45) is 3.44. The van der Waals surface area contributed by atoms with E-state index in [1.807, 2.05) is 0 Å². The molecule has 2 aliphatic heterocycles. The van der Waals surface area contributed by atoms with Crippen LogP contribution in [0.2, 0.25) is 0 Å². The van der Waals surface area contributed by atoms with Crippen LogP contribution in [0, 0.1) is 0 Å². The molecule has 48 heavy (non-hydrogen) atoms. The van der Waals surface area contributed by atoms with Crippen molar-refractivity contribution in [3.05, 3.63) is 126 Å². The van der Waals surface area contributed by atoms with Crippen LogP contribution in [0.3, 0.4) is 0 Å². The average molecular weight is 617 g/mol. The third-order valence-electron chi connectivity index (χ3n) is 11.8. The van der Waals surface area contributed by atoms with Gasteiger partial charge in [-0.15, -0.1) is 0 Å². The first-order valence-electron chi connectivity index (χ1n) is 17.6. The first kappa shape index (κ1) is 26.8. The SMILES string of the molecule is CN1CCc2c(cc3c4c(-c5ccccc5)c5c6cccc7c8c(cc(c5c(-c5ccccc5)c4c4cccc2c34)c76)N(C)CCC8)C1. The fraction of sp³-hybridized carbons (Fsp3) is 0.174. The number of benzene rings is 7. The fourth-order valence-electron chi connectivity index (χ4n) is 9.88. The third-order valence-corrected chi connectivity index (χ3v) is 11.8. The first-order chi connectivity index (χ1) is 23.7. The van der Waals surface area contributed by atoms with Crippen molar-refractivity contribution < 1.29 is 0 Å². The monoisotopic (exact) mass is 616 g/mol. The van der Waals surface area contributed by atoms with Gasteiger partial charge < -0.3 is 9.80 Å². The van der Waals surface area contributed by atoms with Gasteiger partial charge in [0.05, 0.1) is 0 Å². The molecule has 11 rings (SSSR count). The highest BCUT2D eigenvalue weighted by molar-refractivity contribution is 6.47. The van der Waals surface area contributed by atoms with Crippen molar-refractivity contribution in [2.24, 2.45) is 0 Å². The van der Waals surface area contributed by atoms with Crippen molar-refractivity contribution in [2.75, 3.05) is 32.1 Å². The number of aryl methyl sites for hydroxylation is 1. The van der Waals surface area contributed by atoms with Crippen LogP contribution < -0.4 is 4.90 Å². The van der Waals surface area contributed by atoms with Crippen molar-refractivity contribution in [3.63, 3.8) is 0 Å². The van der Waals surface area contributed by atoms with Gasteiger partial charge in [0.25, 0.3) is 0 Å². The van der Waals surface area contributed by atoms with Crippen LogP contribution in [0.4, 0.5) is 5.69 Å². The second-order valence-corrected chi connectivity index (χ2v) is 14.4. The zero-order valence-corrected chi connectivity index (χ0v) is 27.5. The van der Waals surface area contributed by atoms with Crippen LogP contribution in [0.1, 0.15) is 23.1 Å². The van der Waals surface area contributed by atoms with E-state index in [4.69, 9.17) is 0 Å². The van der Waals surface area contributed by atoms with E-state index >= 15 is 0 Å². The zero-order chi connectivity index (χ0) is 31.7. The molecular formula is C46H36N2. The minimum absolute atomic E-state index is 0.999. The maximum absolute atomic E-state index is 2.58. The molecule has 0 aromatic heterocycles. The highest BCUT2D eigenvalue weighted by Gasteiger charge is 2.30. The van der Waals surface area contributed by atoms with Gasteiger partial charge in [0, 0.05) is 32.4 Å². The highest BCUT2D eigenvalue weighted by Crippen LogP contribution is 2.57. The Bertz CT molecular complexity index is 2740. The van der Waals surface area contributed by atoms with Gasteiger partial charge in [-0.05, 0) is 142 Å². The highest BCUT2D eigenvalue weighted by atomic mass is 15.1. The lowest BCUT2D eigenvalue weighted by Crippen LogP contribution is -2.26. The van der Waals surface area contributed by atoms with Gasteiger partial charge in [-0.2, -0.15) is 0 Å². The molecule has 0 spiro atoms. The lowest BCUT2D eigenvalue weighted by molar-refractivity contribution is 0.314. The molecule has 2 nitrogen and oxygen atoms in total. The number of hydrogen-bond acceptors (Lipinski definition) is 2. The Kier molecular flexibility index (Phi) is 5.42. The summed E-state index contributed by atoms with van der Waals surface area (Å²) in [6, 6.07) is 41.9. The largest absolute Gasteiger partial charge is 0.374 e. The number of fused-ring (bicyclic) bond motifs is 10. The molecule has 2 aliphatic rings. The normalized spacial score (nSPS) is 15.5. The molecule has 0 saturated carbocycles. The lowest BCUT2D eigenvalue weighted by atomic mass is 9.87. The molecule has 9 aromatic carbocycles. The van der Waals surface area contributed by atoms with Gasteiger partial charge in [0.15, 0.2) is 0 Å². The topological polar surface area (TPSA) is 6.48 Å². The first-order valence-corrected chi connectivity index (χ1v) is 17.6. The molecule has 0 aliphatic carbocycles. The molecule has 0 bridgehead atoms. The van der Waals surface area contributed by atoms with E-state index in [1.54, 1.807) is 5.56 Å². The summed E-state index contributed by atoms with van der Waals surface area (Å²) in [5, 5.41) is 17.0. The Hall–Kier alpha value is -5.18. The van der Waals surface area contributed by atoms with Crippen LogP contribution in [0.5, 0.6) is 0 Å². The molecule has 0 saturated heterocycles. The fourth-order valence-corrected chi connectivity index (χ4v) is 9.88. The van der Waals surface area contributed by atoms with Crippen LogP contribution >= 0.6 is 0 Å². The van der Waals surface area contributed by atoms with Crippen LogP contribution in [0.15, 0.2) is 109 Å². The Morgan fingerprint density at radius 3 is 1.62 bits per heavy atom. The molecule has 9 aromatic rings. The Balaban J connectivity index is 1.48. The van der Waals surface area contributed by atoms with E-state index < -0.39 is 0 Å². The Labute approximate surface area is 280 Å². The molecule has 0 fully saturated rings. The molecule has 0 radical (unpaired) electrons. The average Bonchev–Trinajstić information content (AvgIpc) is 3.63. The van der Waals surface area contributed by atoms with Crippen LogP contribution in [0.25, 0.3) is 86.9 Å². The maximum atomic E-state index is 2.58. The molecule has 0 amide bonds. The van der Waals surface area contributed by atoms with Crippen LogP contribution in [-0.4, -0.2) is 32.1 Å². The summed E-state index contributed by atoms with van der Waals surface area (Å²) in [6.45, 7) is 3.21. The molecule has 0 unspecified atom stereocenters. The summed E-state index contributed by atoms with van der Waals surface area (Å²) in [5.74, 6) is 0. The van der Waals surface area contributed by atoms with Crippen LogP contribution in [-0.2, 0) is 19.4 Å². The summed E-state index contributed by atoms with van der Waals surface area (Å²) >= 11 is 0. The van der Waals surface area contributed by atoms with Crippen molar-refractivity contribution >= 4 is 70.3 Å². The Morgan fingerprint density at radius 1 is 0.458 bits per heavy atom. The minimum atomic E-state index is 0.999. The minimum Gasteiger partial charge on any atom is -0.374 e. The molecule has 2 heterocycles. The van der Waals surface area contributed by atoms with E-state index in [1.165, 1.54) is 110 Å². The lowest BCUT2D eigenvalue weighted by Gasteiger charge is -2.29. The standard InChI is InChI=1S/C46H36N2/c1-47-23-21-30-29(26-47)24-36-41-32(30)16-9-18-34(41)43-40(28-14-7-4-8-15-28)46-37-25-38-31(20-11-22-48(38)2)33-17-10-19-35(42(33)37)44(46)39(45(36)43)27-12-5-3-6-13-27/h3-10,12-19,24-25H,11,20-23,26H2,1-2H3. The predicted molar refractivity (Wildman–Crippen MR) is 206 cm³/mol. The van der Waals surface area contributed by atoms with E-state index in [-0.39, 0.29) is 0 Å². The summed E-state index contributed by atoms with van der Waals surface area (Å²) in [7, 11) is 4.55. The molecule has 2 heteroatoms. The summed E-state index contributed by atoms with van der Waals surface area (Å²) < 4.78 is 0. The predicted octanol–water partition coefficient (Wildman–Crippen LogP) is 11.2. The van der Waals surface area contributed by atoms with E-state index in [0.717, 1.165) is 32.5 Å². The van der Waals surface area contributed by atoms with Crippen molar-refractivity contribution in [3.8, 4) is 22.3 Å². The third kappa shape index (κ3) is 3.41. The van der Waals surface area contributed by atoms with Gasteiger partial charge in [-0.25, -0.2) is 0 Å². The maximum Gasteiger partial charge on any atom is 0.0408 e. The van der Waals surface area contributed by atoms with E-state index in [9.17, 15) is 0 Å². The molecule has 0 atom stereocenters. The Morgan fingerprint density at radius 2 is 1.00 bits per heavy atom. The van der Waals surface area contributed by atoms with Gasteiger partial charge in [0.2, 0.25) is 0 Å². The number of anilines is 1. The smallest absolute Gasteiger partial charge is 0.0408 e. The van der Waals surface area contributed by atoms with Gasteiger partial charge in [-0.1, -0.05) is 97.1 Å². The van der Waals surface area contributed by atoms with E-state index in [0.29, 0.717) is 0 Å². The number of rotatable bonds is 2. The number of hydrogen-bond donors (Lipinski definition) is 0. The van der Waals surface area contributed by atoms with Gasteiger partial charge in [-0.3, -0.25) is 0 Å². The number of nitrogens with zero attached hydrogens (tertiary/aromatic N) is 2. The van der Waals surface area contributed by atoms with Gasteiger partial charge >= 0.3 is 0 Å². The molecule has 230 valence electrons. The molecule has 0 N–H and O–H groups in total. The van der Waals surface area contributed by atoms with Crippen molar-refractivity contribution in [1.29, 1.82) is 0 Å². The number of likely N-dealkylation sites (N-methyl/N-ethyl adjacent to an activating group) is 1. The zero-order valence-electron chi connectivity index (χ0n) is 27.5. The summed E-state index contributed by atoms with van der Waals surface area (Å²) in [4.78, 5) is 4.97. The second-order valence-electron chi connectivity index (χ2n) is 14.4. The quantitative estimate of drug-likeness (QED) is 0.191. The molecular weight excluding hydrogens is 581 g/mol. The van der Waals surface area contributed by atoms with Crippen molar-refractivity contribution in [2.45, 2.75) is 25.8 Å². The summed E-state index contributed by atoms with van der Waals surface area (Å²) in [5.41, 5.74) is 11.3. The van der Waals surface area contributed by atoms with E-state index in [2.05, 4.69) is 133 Å². The van der Waals surface area contributed by atoms with Gasteiger partial charge in [0.1, 0.15) is 0 Å². The second kappa shape index (κ2) is 9.69.